The topological polar surface area (TPSA) is 95.4 Å². The van der Waals surface area contributed by atoms with E-state index < -0.39 is 16.2 Å². The van der Waals surface area contributed by atoms with Crippen LogP contribution in [0.5, 0.6) is 0 Å². The van der Waals surface area contributed by atoms with E-state index >= 15 is 0 Å². The van der Waals surface area contributed by atoms with Crippen molar-refractivity contribution in [2.24, 2.45) is 11.6 Å². The van der Waals surface area contributed by atoms with Crippen LogP contribution in [0.2, 0.25) is 0 Å². The quantitative estimate of drug-likeness (QED) is 0.522. The van der Waals surface area contributed by atoms with Crippen LogP contribution >= 0.6 is 0 Å². The first-order valence-electron chi connectivity index (χ1n) is 2.88. The minimum Gasteiger partial charge on any atom is -0.327 e. The van der Waals surface area contributed by atoms with Crippen molar-refractivity contribution in [3.05, 3.63) is 0 Å². The Morgan fingerprint density at radius 1 is 1.60 bits per heavy atom. The molecular weight excluding hydrogens is 156 g/mol. The Kier molecular flexibility index (Phi) is 3.80. The second-order valence-electron chi connectivity index (χ2n) is 1.99. The van der Waals surface area contributed by atoms with Gasteiger partial charge in [0, 0.05) is 6.04 Å². The number of hydrogen-bond donors (Lipinski definition) is 2. The van der Waals surface area contributed by atoms with Crippen molar-refractivity contribution < 1.29 is 12.7 Å². The van der Waals surface area contributed by atoms with Crippen molar-refractivity contribution >= 4 is 10.1 Å². The first-order chi connectivity index (χ1) is 4.52. The molecule has 0 saturated carbocycles. The average Bonchev–Trinajstić information content (AvgIpc) is 1.87. The Bertz CT molecular complexity index is 177. The second kappa shape index (κ2) is 3.87. The summed E-state index contributed by atoms with van der Waals surface area (Å²) in [6.07, 6.45) is 0.586. The standard InChI is InChI=1S/C4H12N2O3S/c1-2-4(5)3-10(7,8)9-6/h4H,2-3,5-6H2,1H3. The summed E-state index contributed by atoms with van der Waals surface area (Å²) in [6, 6.07) is -0.395. The van der Waals surface area contributed by atoms with Crippen molar-refractivity contribution in [1.82, 2.24) is 0 Å². The summed E-state index contributed by atoms with van der Waals surface area (Å²) in [5, 5.41) is 0. The van der Waals surface area contributed by atoms with E-state index in [0.717, 1.165) is 0 Å². The largest absolute Gasteiger partial charge is 0.327 e. The van der Waals surface area contributed by atoms with Gasteiger partial charge in [-0.1, -0.05) is 6.92 Å². The summed E-state index contributed by atoms with van der Waals surface area (Å²) in [6.45, 7) is 1.79. The van der Waals surface area contributed by atoms with E-state index in [0.29, 0.717) is 6.42 Å². The highest BCUT2D eigenvalue weighted by Gasteiger charge is 2.13. The molecule has 0 aromatic carbocycles. The molecule has 4 N–H and O–H groups in total. The van der Waals surface area contributed by atoms with Gasteiger partial charge < -0.3 is 5.73 Å². The van der Waals surface area contributed by atoms with E-state index in [2.05, 4.69) is 10.2 Å². The summed E-state index contributed by atoms with van der Waals surface area (Å²) in [5.41, 5.74) is 5.32. The smallest absolute Gasteiger partial charge is 0.284 e. The maximum absolute atomic E-state index is 10.5. The van der Waals surface area contributed by atoms with Crippen LogP contribution in [-0.4, -0.2) is 20.2 Å². The fraction of sp³-hybridized carbons (Fsp3) is 1.00. The van der Waals surface area contributed by atoms with Gasteiger partial charge in [-0.2, -0.15) is 18.6 Å². The zero-order valence-corrected chi connectivity index (χ0v) is 6.60. The number of rotatable bonds is 4. The number of hydrogen-bond acceptors (Lipinski definition) is 5. The molecule has 0 amide bonds. The molecule has 0 aliphatic carbocycles. The Hall–Kier alpha value is -0.170. The molecule has 6 heteroatoms. The van der Waals surface area contributed by atoms with Crippen molar-refractivity contribution in [2.45, 2.75) is 19.4 Å². The molecule has 0 aromatic rings. The lowest BCUT2D eigenvalue weighted by molar-refractivity contribution is 0.330. The van der Waals surface area contributed by atoms with Crippen LogP contribution in [0.1, 0.15) is 13.3 Å². The monoisotopic (exact) mass is 168 g/mol. The van der Waals surface area contributed by atoms with E-state index in [9.17, 15) is 8.42 Å². The van der Waals surface area contributed by atoms with Crippen LogP contribution in [0.25, 0.3) is 0 Å². The molecule has 5 nitrogen and oxygen atoms in total. The van der Waals surface area contributed by atoms with E-state index in [1.807, 2.05) is 0 Å². The molecule has 0 radical (unpaired) electrons. The van der Waals surface area contributed by atoms with Crippen LogP contribution in [0.4, 0.5) is 0 Å². The van der Waals surface area contributed by atoms with Crippen LogP contribution in [0.15, 0.2) is 0 Å². The van der Waals surface area contributed by atoms with Gasteiger partial charge in [0.2, 0.25) is 0 Å². The summed E-state index contributed by atoms with van der Waals surface area (Å²) in [7, 11) is -3.58. The minimum absolute atomic E-state index is 0.222. The molecule has 0 heterocycles. The zero-order valence-electron chi connectivity index (χ0n) is 5.78. The second-order valence-corrected chi connectivity index (χ2v) is 3.63. The molecule has 10 heavy (non-hydrogen) atoms. The maximum atomic E-state index is 10.5. The van der Waals surface area contributed by atoms with Gasteiger partial charge in [0.25, 0.3) is 10.1 Å². The molecule has 0 rings (SSSR count). The Balaban J connectivity index is 3.90. The molecule has 0 aromatic heterocycles. The molecule has 0 aliphatic heterocycles. The van der Waals surface area contributed by atoms with E-state index in [1.165, 1.54) is 0 Å². The fourth-order valence-corrected chi connectivity index (χ4v) is 1.26. The maximum Gasteiger partial charge on any atom is 0.284 e. The Labute approximate surface area is 60.4 Å². The third-order valence-electron chi connectivity index (χ3n) is 1.09. The lowest BCUT2D eigenvalue weighted by atomic mass is 10.3. The molecular formula is C4H12N2O3S. The van der Waals surface area contributed by atoms with Gasteiger partial charge in [-0.25, -0.2) is 0 Å². The van der Waals surface area contributed by atoms with Gasteiger partial charge in [0.15, 0.2) is 0 Å². The molecule has 1 atom stereocenters. The molecule has 0 spiro atoms. The van der Waals surface area contributed by atoms with Crippen LogP contribution in [0, 0.1) is 0 Å². The predicted octanol–water partition coefficient (Wildman–Crippen LogP) is -1.06. The van der Waals surface area contributed by atoms with Crippen molar-refractivity contribution in [3.8, 4) is 0 Å². The first kappa shape index (κ1) is 9.83. The van der Waals surface area contributed by atoms with Gasteiger partial charge in [-0.3, -0.25) is 0 Å². The van der Waals surface area contributed by atoms with Crippen LogP contribution in [-0.2, 0) is 14.4 Å². The molecule has 1 unspecified atom stereocenters. The highest BCUT2D eigenvalue weighted by Crippen LogP contribution is 1.94. The van der Waals surface area contributed by atoms with Gasteiger partial charge >= 0.3 is 0 Å². The summed E-state index contributed by atoms with van der Waals surface area (Å²) in [5.74, 6) is 4.24. The fourth-order valence-electron chi connectivity index (χ4n) is 0.419. The lowest BCUT2D eigenvalue weighted by Crippen LogP contribution is -2.30. The third-order valence-corrected chi connectivity index (χ3v) is 2.22. The van der Waals surface area contributed by atoms with E-state index in [-0.39, 0.29) is 5.75 Å². The highest BCUT2D eigenvalue weighted by molar-refractivity contribution is 7.86. The van der Waals surface area contributed by atoms with Crippen LogP contribution in [0.3, 0.4) is 0 Å². The van der Waals surface area contributed by atoms with Gasteiger partial charge in [0.1, 0.15) is 0 Å². The molecule has 0 bridgehead atoms. The van der Waals surface area contributed by atoms with Crippen molar-refractivity contribution in [2.75, 3.05) is 5.75 Å². The molecule has 0 fully saturated rings. The normalized spacial score (nSPS) is 15.1. The van der Waals surface area contributed by atoms with Crippen molar-refractivity contribution in [3.63, 3.8) is 0 Å². The van der Waals surface area contributed by atoms with E-state index in [4.69, 9.17) is 5.73 Å². The van der Waals surface area contributed by atoms with Crippen molar-refractivity contribution in [1.29, 1.82) is 0 Å². The highest BCUT2D eigenvalue weighted by atomic mass is 32.2. The van der Waals surface area contributed by atoms with Gasteiger partial charge in [-0.05, 0) is 6.42 Å². The van der Waals surface area contributed by atoms with Gasteiger partial charge in [-0.15, -0.1) is 0 Å². The average molecular weight is 168 g/mol. The zero-order chi connectivity index (χ0) is 8.20. The molecule has 0 aliphatic rings. The van der Waals surface area contributed by atoms with Crippen LogP contribution < -0.4 is 11.6 Å². The Morgan fingerprint density at radius 3 is 2.40 bits per heavy atom. The summed E-state index contributed by atoms with van der Waals surface area (Å²) in [4.78, 5) is 0. The van der Waals surface area contributed by atoms with E-state index in [1.54, 1.807) is 6.92 Å². The first-order valence-corrected chi connectivity index (χ1v) is 4.46. The summed E-state index contributed by atoms with van der Waals surface area (Å²) < 4.78 is 24.8. The molecule has 0 saturated heterocycles. The minimum atomic E-state index is -3.58. The lowest BCUT2D eigenvalue weighted by Gasteiger charge is -2.05. The number of nitrogens with two attached hydrogens (primary N) is 2. The SMILES string of the molecule is CCC(N)CS(=O)(=O)ON. The Morgan fingerprint density at radius 2 is 2.10 bits per heavy atom. The predicted molar refractivity (Wildman–Crippen MR) is 37.3 cm³/mol. The third kappa shape index (κ3) is 3.78. The van der Waals surface area contributed by atoms with Gasteiger partial charge in [0.05, 0.1) is 5.75 Å². The summed E-state index contributed by atoms with van der Waals surface area (Å²) >= 11 is 0. The molecule has 62 valence electrons.